The van der Waals surface area contributed by atoms with Crippen molar-refractivity contribution in [3.8, 4) is 0 Å². The van der Waals surface area contributed by atoms with Gasteiger partial charge in [0, 0.05) is 12.6 Å². The van der Waals surface area contributed by atoms with Crippen LogP contribution < -0.4 is 10.6 Å². The van der Waals surface area contributed by atoms with Crippen LogP contribution in [0.15, 0.2) is 83.5 Å². The van der Waals surface area contributed by atoms with Gasteiger partial charge in [0.1, 0.15) is 5.76 Å². The third kappa shape index (κ3) is 6.20. The van der Waals surface area contributed by atoms with Crippen LogP contribution in [0.5, 0.6) is 0 Å². The molecule has 3 aromatic rings. The van der Waals surface area contributed by atoms with Crippen LogP contribution >= 0.6 is 0 Å². The fourth-order valence-electron chi connectivity index (χ4n) is 2.57. The summed E-state index contributed by atoms with van der Waals surface area (Å²) in [6.07, 6.45) is 4.08. The average Bonchev–Trinajstić information content (AvgIpc) is 3.29. The van der Waals surface area contributed by atoms with E-state index in [1.165, 1.54) is 12.3 Å². The fraction of sp³-hybridized carbons (Fsp3) is 0.0870. The number of ether oxygens (including phenoxy) is 1. The van der Waals surface area contributed by atoms with Gasteiger partial charge in [0.05, 0.1) is 17.5 Å². The second-order valence-corrected chi connectivity index (χ2v) is 6.22. The van der Waals surface area contributed by atoms with Gasteiger partial charge in [0.25, 0.3) is 11.8 Å². The Bertz CT molecular complexity index is 1030. The van der Waals surface area contributed by atoms with Gasteiger partial charge in [-0.25, -0.2) is 4.79 Å². The maximum absolute atomic E-state index is 12.5. The first-order chi connectivity index (χ1) is 14.6. The molecule has 2 amide bonds. The quantitative estimate of drug-likeness (QED) is 0.443. The summed E-state index contributed by atoms with van der Waals surface area (Å²) in [6.45, 7) is -0.122. The molecular weight excluding hydrogens is 384 g/mol. The fourth-order valence-corrected chi connectivity index (χ4v) is 2.57. The number of amides is 2. The highest BCUT2D eigenvalue weighted by Gasteiger charge is 2.13. The van der Waals surface area contributed by atoms with Gasteiger partial charge in [0.2, 0.25) is 0 Å². The Morgan fingerprint density at radius 1 is 0.933 bits per heavy atom. The van der Waals surface area contributed by atoms with E-state index in [1.807, 2.05) is 30.3 Å². The Balaban J connectivity index is 1.52. The Morgan fingerprint density at radius 2 is 1.70 bits per heavy atom. The van der Waals surface area contributed by atoms with Crippen molar-refractivity contribution in [2.45, 2.75) is 6.54 Å². The molecule has 0 atom stereocenters. The normalized spacial score (nSPS) is 10.5. The van der Waals surface area contributed by atoms with Gasteiger partial charge in [-0.15, -0.1) is 0 Å². The summed E-state index contributed by atoms with van der Waals surface area (Å²) in [5, 5.41) is 5.41. The SMILES string of the molecule is O=C(COC(=O)/C=C/c1ccco1)Nc1ccccc1C(=O)NCc1ccccc1. The van der Waals surface area contributed by atoms with Crippen LogP contribution in [0.1, 0.15) is 21.7 Å². The highest BCUT2D eigenvalue weighted by molar-refractivity contribution is 6.04. The molecule has 0 spiro atoms. The van der Waals surface area contributed by atoms with E-state index in [4.69, 9.17) is 9.15 Å². The van der Waals surface area contributed by atoms with Gasteiger partial charge in [-0.3, -0.25) is 9.59 Å². The van der Waals surface area contributed by atoms with Crippen molar-refractivity contribution >= 4 is 29.5 Å². The number of rotatable bonds is 8. The molecule has 0 bridgehead atoms. The van der Waals surface area contributed by atoms with Crippen molar-refractivity contribution < 1.29 is 23.5 Å². The predicted octanol–water partition coefficient (Wildman–Crippen LogP) is 3.40. The molecule has 2 N–H and O–H groups in total. The molecule has 7 heteroatoms. The first-order valence-electron chi connectivity index (χ1n) is 9.21. The number of carbonyl (C=O) groups is 3. The monoisotopic (exact) mass is 404 g/mol. The summed E-state index contributed by atoms with van der Waals surface area (Å²) < 4.78 is 9.96. The van der Waals surface area contributed by atoms with Gasteiger partial charge >= 0.3 is 5.97 Å². The largest absolute Gasteiger partial charge is 0.465 e. The second kappa shape index (κ2) is 10.4. The van der Waals surface area contributed by atoms with E-state index in [1.54, 1.807) is 36.4 Å². The van der Waals surface area contributed by atoms with E-state index in [9.17, 15) is 14.4 Å². The molecule has 0 aliphatic rings. The van der Waals surface area contributed by atoms with E-state index < -0.39 is 18.5 Å². The minimum atomic E-state index is -0.685. The summed E-state index contributed by atoms with van der Waals surface area (Å²) in [7, 11) is 0. The van der Waals surface area contributed by atoms with E-state index in [2.05, 4.69) is 10.6 Å². The molecule has 7 nitrogen and oxygen atoms in total. The Hall–Kier alpha value is -4.13. The highest BCUT2D eigenvalue weighted by atomic mass is 16.5. The minimum absolute atomic E-state index is 0.311. The Labute approximate surface area is 173 Å². The smallest absolute Gasteiger partial charge is 0.331 e. The standard InChI is InChI=1S/C23H20N2O5/c26-21(16-30-22(27)13-12-18-9-6-14-29-18)25-20-11-5-4-10-19(20)23(28)24-15-17-7-2-1-3-8-17/h1-14H,15-16H2,(H,24,28)(H,25,26)/b13-12+. The molecule has 0 aliphatic heterocycles. The van der Waals surface area contributed by atoms with Gasteiger partial charge in [-0.1, -0.05) is 42.5 Å². The van der Waals surface area contributed by atoms with Crippen LogP contribution in [0.3, 0.4) is 0 Å². The lowest BCUT2D eigenvalue weighted by atomic mass is 10.1. The van der Waals surface area contributed by atoms with Crippen molar-refractivity contribution in [3.05, 3.63) is 96.0 Å². The van der Waals surface area contributed by atoms with Crippen LogP contribution in [0.2, 0.25) is 0 Å². The number of furan rings is 1. The number of benzene rings is 2. The zero-order chi connectivity index (χ0) is 21.2. The summed E-state index contributed by atoms with van der Waals surface area (Å²) in [5.41, 5.74) is 1.60. The third-order valence-corrected chi connectivity index (χ3v) is 4.01. The predicted molar refractivity (Wildman–Crippen MR) is 111 cm³/mol. The lowest BCUT2D eigenvalue weighted by Gasteiger charge is -2.11. The van der Waals surface area contributed by atoms with Crippen LogP contribution in [-0.2, 0) is 20.9 Å². The molecule has 3 rings (SSSR count). The zero-order valence-electron chi connectivity index (χ0n) is 16.0. The molecule has 0 saturated carbocycles. The van der Waals surface area contributed by atoms with Crippen molar-refractivity contribution in [2.24, 2.45) is 0 Å². The van der Waals surface area contributed by atoms with Gasteiger partial charge in [-0.2, -0.15) is 0 Å². The average molecular weight is 404 g/mol. The lowest BCUT2D eigenvalue weighted by molar-refractivity contribution is -0.142. The number of anilines is 1. The summed E-state index contributed by atoms with van der Waals surface area (Å²) in [4.78, 5) is 36.4. The molecular formula is C23H20N2O5. The first kappa shape index (κ1) is 20.6. The Kier molecular flexibility index (Phi) is 7.16. The molecule has 1 aromatic heterocycles. The zero-order valence-corrected chi connectivity index (χ0v) is 16.0. The van der Waals surface area contributed by atoms with E-state index >= 15 is 0 Å². The number of carbonyl (C=O) groups excluding carboxylic acids is 3. The van der Waals surface area contributed by atoms with Crippen molar-refractivity contribution in [2.75, 3.05) is 11.9 Å². The number of esters is 1. The van der Waals surface area contributed by atoms with Crippen LogP contribution in [0.25, 0.3) is 6.08 Å². The number of para-hydroxylation sites is 1. The van der Waals surface area contributed by atoms with Crippen LogP contribution in [0.4, 0.5) is 5.69 Å². The maximum atomic E-state index is 12.5. The van der Waals surface area contributed by atoms with Gasteiger partial charge < -0.3 is 19.8 Å². The van der Waals surface area contributed by atoms with Crippen LogP contribution in [0, 0.1) is 0 Å². The Morgan fingerprint density at radius 3 is 2.47 bits per heavy atom. The number of hydrogen-bond donors (Lipinski definition) is 2. The maximum Gasteiger partial charge on any atom is 0.331 e. The highest BCUT2D eigenvalue weighted by Crippen LogP contribution is 2.15. The third-order valence-electron chi connectivity index (χ3n) is 4.01. The van der Waals surface area contributed by atoms with Crippen molar-refractivity contribution in [1.82, 2.24) is 5.32 Å². The molecule has 0 aliphatic carbocycles. The molecule has 30 heavy (non-hydrogen) atoms. The summed E-state index contributed by atoms with van der Waals surface area (Å²) in [5.74, 6) is -1.08. The molecule has 152 valence electrons. The number of nitrogens with one attached hydrogen (secondary N) is 2. The molecule has 0 radical (unpaired) electrons. The lowest BCUT2D eigenvalue weighted by Crippen LogP contribution is -2.26. The first-order valence-corrected chi connectivity index (χ1v) is 9.21. The molecule has 0 unspecified atom stereocenters. The number of hydrogen-bond acceptors (Lipinski definition) is 5. The summed E-state index contributed by atoms with van der Waals surface area (Å²) in [6, 6.07) is 19.5. The summed E-state index contributed by atoms with van der Waals surface area (Å²) >= 11 is 0. The van der Waals surface area contributed by atoms with Gasteiger partial charge in [-0.05, 0) is 35.9 Å². The molecule has 1 heterocycles. The van der Waals surface area contributed by atoms with Crippen molar-refractivity contribution in [1.29, 1.82) is 0 Å². The topological polar surface area (TPSA) is 97.6 Å². The molecule has 2 aromatic carbocycles. The van der Waals surface area contributed by atoms with E-state index in [0.29, 0.717) is 23.6 Å². The van der Waals surface area contributed by atoms with Crippen molar-refractivity contribution in [3.63, 3.8) is 0 Å². The van der Waals surface area contributed by atoms with E-state index in [0.717, 1.165) is 11.6 Å². The minimum Gasteiger partial charge on any atom is -0.465 e. The van der Waals surface area contributed by atoms with E-state index in [-0.39, 0.29) is 5.91 Å². The van der Waals surface area contributed by atoms with Crippen LogP contribution in [-0.4, -0.2) is 24.4 Å². The second-order valence-electron chi connectivity index (χ2n) is 6.22. The molecule has 0 fully saturated rings. The molecule has 0 saturated heterocycles. The van der Waals surface area contributed by atoms with Gasteiger partial charge in [0.15, 0.2) is 6.61 Å².